The van der Waals surface area contributed by atoms with Crippen molar-refractivity contribution in [2.24, 2.45) is 5.92 Å². The first-order valence-corrected chi connectivity index (χ1v) is 14.0. The van der Waals surface area contributed by atoms with Gasteiger partial charge in [-0.15, -0.1) is 0 Å². The summed E-state index contributed by atoms with van der Waals surface area (Å²) in [7, 11) is -4.17. The summed E-state index contributed by atoms with van der Waals surface area (Å²) in [5.41, 5.74) is 0.789. The molecule has 1 atom stereocenters. The zero-order chi connectivity index (χ0) is 27.9. The molecule has 0 aliphatic heterocycles. The van der Waals surface area contributed by atoms with Gasteiger partial charge in [0, 0.05) is 18.1 Å². The number of hydrogen-bond acceptors (Lipinski definition) is 4. The summed E-state index contributed by atoms with van der Waals surface area (Å²) in [5, 5.41) is 3.12. The molecule has 0 aromatic heterocycles. The number of anilines is 1. The SMILES string of the molecule is CC(C)CNC(=O)C(C)N(Cc1ccc(F)cc1)C(=O)CN(c1cccc(Cl)c1)S(=O)(=O)c1ccccc1. The highest BCUT2D eigenvalue weighted by Crippen LogP contribution is 2.26. The quantitative estimate of drug-likeness (QED) is 0.363. The zero-order valence-corrected chi connectivity index (χ0v) is 23.0. The molecular formula is C28H31ClFN3O4S. The average molecular weight is 560 g/mol. The molecule has 0 saturated heterocycles. The lowest BCUT2D eigenvalue weighted by Gasteiger charge is -2.32. The normalized spacial score (nSPS) is 12.2. The van der Waals surface area contributed by atoms with E-state index in [2.05, 4.69) is 5.32 Å². The Hall–Kier alpha value is -3.43. The van der Waals surface area contributed by atoms with Crippen LogP contribution in [0.1, 0.15) is 26.3 Å². The van der Waals surface area contributed by atoms with Crippen molar-refractivity contribution in [2.75, 3.05) is 17.4 Å². The van der Waals surface area contributed by atoms with E-state index in [4.69, 9.17) is 11.6 Å². The molecule has 202 valence electrons. The Balaban J connectivity index is 1.99. The lowest BCUT2D eigenvalue weighted by atomic mass is 10.1. The van der Waals surface area contributed by atoms with Crippen LogP contribution in [0, 0.1) is 11.7 Å². The van der Waals surface area contributed by atoms with Crippen molar-refractivity contribution >= 4 is 39.1 Å². The molecule has 3 aromatic rings. The molecule has 3 aromatic carbocycles. The van der Waals surface area contributed by atoms with Crippen molar-refractivity contribution < 1.29 is 22.4 Å². The van der Waals surface area contributed by atoms with E-state index in [0.717, 1.165) is 4.31 Å². The zero-order valence-electron chi connectivity index (χ0n) is 21.5. The van der Waals surface area contributed by atoms with Gasteiger partial charge in [-0.25, -0.2) is 12.8 Å². The molecule has 1 unspecified atom stereocenters. The van der Waals surface area contributed by atoms with E-state index in [1.807, 2.05) is 13.8 Å². The first-order chi connectivity index (χ1) is 18.0. The van der Waals surface area contributed by atoms with Gasteiger partial charge < -0.3 is 10.2 Å². The van der Waals surface area contributed by atoms with Gasteiger partial charge in [-0.2, -0.15) is 0 Å². The minimum Gasteiger partial charge on any atom is -0.354 e. The molecule has 38 heavy (non-hydrogen) atoms. The molecule has 0 saturated carbocycles. The van der Waals surface area contributed by atoms with Crippen LogP contribution in [0.5, 0.6) is 0 Å². The molecule has 0 aliphatic carbocycles. The highest BCUT2D eigenvalue weighted by molar-refractivity contribution is 7.92. The van der Waals surface area contributed by atoms with Gasteiger partial charge in [0.1, 0.15) is 18.4 Å². The van der Waals surface area contributed by atoms with Gasteiger partial charge in [0.15, 0.2) is 0 Å². The third kappa shape index (κ3) is 7.55. The number of carbonyl (C=O) groups is 2. The summed E-state index contributed by atoms with van der Waals surface area (Å²) in [4.78, 5) is 28.0. The maximum atomic E-state index is 13.8. The highest BCUT2D eigenvalue weighted by atomic mass is 35.5. The summed E-state index contributed by atoms with van der Waals surface area (Å²) in [6.07, 6.45) is 0. The predicted molar refractivity (Wildman–Crippen MR) is 147 cm³/mol. The molecule has 3 rings (SSSR count). The maximum Gasteiger partial charge on any atom is 0.264 e. The molecule has 0 fully saturated rings. The fourth-order valence-corrected chi connectivity index (χ4v) is 5.31. The van der Waals surface area contributed by atoms with Crippen molar-refractivity contribution in [2.45, 2.75) is 38.3 Å². The number of carbonyl (C=O) groups excluding carboxylic acids is 2. The topological polar surface area (TPSA) is 86.8 Å². The lowest BCUT2D eigenvalue weighted by Crippen LogP contribution is -2.51. The van der Waals surface area contributed by atoms with Gasteiger partial charge >= 0.3 is 0 Å². The first-order valence-electron chi connectivity index (χ1n) is 12.1. The van der Waals surface area contributed by atoms with Crippen LogP contribution >= 0.6 is 11.6 Å². The van der Waals surface area contributed by atoms with Gasteiger partial charge in [0.2, 0.25) is 11.8 Å². The maximum absolute atomic E-state index is 13.8. The Kier molecular flexibility index (Phi) is 9.88. The van der Waals surface area contributed by atoms with Crippen molar-refractivity contribution in [1.82, 2.24) is 10.2 Å². The number of amides is 2. The molecule has 10 heteroatoms. The first kappa shape index (κ1) is 29.1. The second kappa shape index (κ2) is 12.9. The van der Waals surface area contributed by atoms with Crippen LogP contribution in [0.25, 0.3) is 0 Å². The molecule has 2 amide bonds. The van der Waals surface area contributed by atoms with Crippen molar-refractivity contribution in [3.05, 3.63) is 95.3 Å². The second-order valence-corrected chi connectivity index (χ2v) is 11.6. The van der Waals surface area contributed by atoms with Crippen LogP contribution in [0.2, 0.25) is 5.02 Å². The van der Waals surface area contributed by atoms with E-state index < -0.39 is 34.3 Å². The van der Waals surface area contributed by atoms with Crippen LogP contribution in [0.15, 0.2) is 83.8 Å². The summed E-state index contributed by atoms with van der Waals surface area (Å²) < 4.78 is 41.8. The smallest absolute Gasteiger partial charge is 0.264 e. The molecule has 7 nitrogen and oxygen atoms in total. The molecule has 1 N–H and O–H groups in total. The second-order valence-electron chi connectivity index (χ2n) is 9.27. The fraction of sp³-hybridized carbons (Fsp3) is 0.286. The number of rotatable bonds is 11. The largest absolute Gasteiger partial charge is 0.354 e. The molecule has 0 radical (unpaired) electrons. The number of halogens is 2. The van der Waals surface area contributed by atoms with Crippen LogP contribution in [0.4, 0.5) is 10.1 Å². The van der Waals surface area contributed by atoms with Gasteiger partial charge in [0.25, 0.3) is 10.0 Å². The lowest BCUT2D eigenvalue weighted by molar-refractivity contribution is -0.139. The number of nitrogens with one attached hydrogen (secondary N) is 1. The molecule has 0 aliphatic rings. The number of benzene rings is 3. The minimum atomic E-state index is -4.17. The van der Waals surface area contributed by atoms with Gasteiger partial charge in [-0.3, -0.25) is 13.9 Å². The fourth-order valence-electron chi connectivity index (χ4n) is 3.70. The van der Waals surface area contributed by atoms with Crippen LogP contribution in [-0.4, -0.2) is 44.3 Å². The van der Waals surface area contributed by atoms with Crippen molar-refractivity contribution in [1.29, 1.82) is 0 Å². The summed E-state index contributed by atoms with van der Waals surface area (Å²) in [5.74, 6) is -1.23. The van der Waals surface area contributed by atoms with Crippen LogP contribution in [0.3, 0.4) is 0 Å². The van der Waals surface area contributed by atoms with E-state index in [0.29, 0.717) is 17.1 Å². The Morgan fingerprint density at radius 2 is 1.61 bits per heavy atom. The highest BCUT2D eigenvalue weighted by Gasteiger charge is 2.32. The van der Waals surface area contributed by atoms with E-state index >= 15 is 0 Å². The minimum absolute atomic E-state index is 0.000542. The van der Waals surface area contributed by atoms with Gasteiger partial charge in [-0.1, -0.05) is 61.8 Å². The average Bonchev–Trinajstić information content (AvgIpc) is 2.89. The van der Waals surface area contributed by atoms with Gasteiger partial charge in [-0.05, 0) is 60.9 Å². The number of sulfonamides is 1. The van der Waals surface area contributed by atoms with E-state index in [1.165, 1.54) is 47.4 Å². The third-order valence-corrected chi connectivity index (χ3v) is 7.85. The summed E-state index contributed by atoms with van der Waals surface area (Å²) >= 11 is 6.16. The van der Waals surface area contributed by atoms with E-state index in [1.54, 1.807) is 43.3 Å². The number of nitrogens with zero attached hydrogens (tertiary/aromatic N) is 2. The summed E-state index contributed by atoms with van der Waals surface area (Å²) in [6, 6.07) is 18.6. The van der Waals surface area contributed by atoms with Crippen molar-refractivity contribution in [3.63, 3.8) is 0 Å². The Labute approximate surface area is 228 Å². The monoisotopic (exact) mass is 559 g/mol. The molecule has 0 heterocycles. The van der Waals surface area contributed by atoms with Gasteiger partial charge in [0.05, 0.1) is 10.6 Å². The molecule has 0 bridgehead atoms. The van der Waals surface area contributed by atoms with Crippen LogP contribution < -0.4 is 9.62 Å². The molecular weight excluding hydrogens is 529 g/mol. The third-order valence-electron chi connectivity index (χ3n) is 5.82. The van der Waals surface area contributed by atoms with E-state index in [9.17, 15) is 22.4 Å². The summed E-state index contributed by atoms with van der Waals surface area (Å²) in [6.45, 7) is 5.28. The van der Waals surface area contributed by atoms with E-state index in [-0.39, 0.29) is 29.0 Å². The Bertz CT molecular complexity index is 1350. The number of hydrogen-bond donors (Lipinski definition) is 1. The molecule has 0 spiro atoms. The van der Waals surface area contributed by atoms with Crippen LogP contribution in [-0.2, 0) is 26.2 Å². The Morgan fingerprint density at radius 3 is 2.21 bits per heavy atom. The predicted octanol–water partition coefficient (Wildman–Crippen LogP) is 4.86. The Morgan fingerprint density at radius 1 is 0.947 bits per heavy atom. The standard InChI is InChI=1S/C28H31ClFN3O4S/c1-20(2)17-31-28(35)21(3)32(18-22-12-14-24(30)15-13-22)27(34)19-33(25-9-7-8-23(29)16-25)38(36,37)26-10-5-4-6-11-26/h4-16,20-21H,17-19H2,1-3H3,(H,31,35). The van der Waals surface area contributed by atoms with Crippen molar-refractivity contribution in [3.8, 4) is 0 Å².